The molecule has 0 aliphatic carbocycles. The summed E-state index contributed by atoms with van der Waals surface area (Å²) in [7, 11) is 3.38. The predicted molar refractivity (Wildman–Crippen MR) is 116 cm³/mol. The van der Waals surface area contributed by atoms with Crippen molar-refractivity contribution in [3.63, 3.8) is 0 Å². The fourth-order valence-corrected chi connectivity index (χ4v) is 4.28. The van der Waals surface area contributed by atoms with Crippen molar-refractivity contribution in [2.24, 2.45) is 0 Å². The molecule has 2 aliphatic heterocycles. The molecule has 4 rings (SSSR count). The molecular weight excluding hydrogens is 396 g/mol. The molecule has 1 aromatic carbocycles. The molecule has 0 spiro atoms. The van der Waals surface area contributed by atoms with Crippen molar-refractivity contribution in [3.05, 3.63) is 41.6 Å². The number of benzene rings is 1. The van der Waals surface area contributed by atoms with Crippen molar-refractivity contribution in [3.8, 4) is 11.5 Å². The number of piperidine rings is 1. The summed E-state index contributed by atoms with van der Waals surface area (Å²) in [4.78, 5) is 23.7. The zero-order valence-corrected chi connectivity index (χ0v) is 18.5. The Balaban J connectivity index is 1.28. The largest absolute Gasteiger partial charge is 0.497 e. The highest BCUT2D eigenvalue weighted by Crippen LogP contribution is 2.25. The second-order valence-electron chi connectivity index (χ2n) is 8.21. The van der Waals surface area contributed by atoms with Crippen molar-refractivity contribution in [2.75, 3.05) is 53.5 Å². The molecular formula is C23H32N4O4. The Morgan fingerprint density at radius 3 is 2.35 bits per heavy atom. The number of amides is 1. The minimum atomic E-state index is -0.00763. The van der Waals surface area contributed by atoms with Gasteiger partial charge >= 0.3 is 0 Å². The van der Waals surface area contributed by atoms with Gasteiger partial charge in [0.15, 0.2) is 5.69 Å². The third-order valence-corrected chi connectivity index (χ3v) is 6.12. The minimum absolute atomic E-state index is 0.00763. The van der Waals surface area contributed by atoms with Gasteiger partial charge < -0.3 is 18.8 Å². The van der Waals surface area contributed by atoms with Gasteiger partial charge in [-0.25, -0.2) is 4.98 Å². The zero-order valence-electron chi connectivity index (χ0n) is 18.5. The summed E-state index contributed by atoms with van der Waals surface area (Å²) in [5, 5.41) is 0. The molecule has 3 heterocycles. The normalized spacial score (nSPS) is 18.2. The Bertz CT molecular complexity index is 870. The molecule has 1 aromatic heterocycles. The summed E-state index contributed by atoms with van der Waals surface area (Å²) in [5.41, 5.74) is 1.56. The zero-order chi connectivity index (χ0) is 21.6. The first-order chi connectivity index (χ1) is 15.2. The number of ether oxygens (including phenoxy) is 2. The topological polar surface area (TPSA) is 71.3 Å². The molecule has 0 unspecified atom stereocenters. The van der Waals surface area contributed by atoms with Crippen LogP contribution in [0.1, 0.15) is 41.2 Å². The number of hydrogen-bond donors (Lipinski definition) is 0. The molecule has 2 aliphatic rings. The molecule has 0 N–H and O–H groups in total. The van der Waals surface area contributed by atoms with Gasteiger partial charge in [0, 0.05) is 51.4 Å². The van der Waals surface area contributed by atoms with Crippen LogP contribution in [-0.4, -0.2) is 79.1 Å². The standard InChI is InChI=1S/C23H32N4O4/c1-29-19-6-7-21(30-2)18(14-19)15-25-10-12-26(13-11-25)16-22-24-20(17-31-22)23(28)27-8-4-3-5-9-27/h6-7,14,17H,3-5,8-13,15-16H2,1-2H3. The highest BCUT2D eigenvalue weighted by atomic mass is 16.5. The van der Waals surface area contributed by atoms with Gasteiger partial charge in [-0.15, -0.1) is 0 Å². The van der Waals surface area contributed by atoms with Crippen LogP contribution in [0, 0.1) is 0 Å². The molecule has 2 saturated heterocycles. The lowest BCUT2D eigenvalue weighted by atomic mass is 10.1. The van der Waals surface area contributed by atoms with Crippen LogP contribution in [0.5, 0.6) is 11.5 Å². The van der Waals surface area contributed by atoms with E-state index in [1.807, 2.05) is 23.1 Å². The Morgan fingerprint density at radius 2 is 1.68 bits per heavy atom. The third kappa shape index (κ3) is 5.37. The highest BCUT2D eigenvalue weighted by molar-refractivity contribution is 5.92. The number of piperazine rings is 1. The number of nitrogens with zero attached hydrogens (tertiary/aromatic N) is 4. The Morgan fingerprint density at radius 1 is 0.968 bits per heavy atom. The van der Waals surface area contributed by atoms with E-state index >= 15 is 0 Å². The van der Waals surface area contributed by atoms with Gasteiger partial charge in [0.1, 0.15) is 17.8 Å². The number of hydrogen-bond acceptors (Lipinski definition) is 7. The van der Waals surface area contributed by atoms with E-state index in [0.29, 0.717) is 18.1 Å². The third-order valence-electron chi connectivity index (χ3n) is 6.12. The molecule has 0 atom stereocenters. The first-order valence-electron chi connectivity index (χ1n) is 11.1. The first kappa shape index (κ1) is 21.6. The van der Waals surface area contributed by atoms with Crippen LogP contribution in [0.15, 0.2) is 28.9 Å². The van der Waals surface area contributed by atoms with Gasteiger partial charge in [0.05, 0.1) is 20.8 Å². The smallest absolute Gasteiger partial charge is 0.275 e. The molecule has 2 fully saturated rings. The number of carbonyl (C=O) groups is 1. The lowest BCUT2D eigenvalue weighted by Crippen LogP contribution is -2.45. The molecule has 0 radical (unpaired) electrons. The average Bonchev–Trinajstić information content (AvgIpc) is 3.29. The first-order valence-corrected chi connectivity index (χ1v) is 11.1. The molecule has 168 valence electrons. The molecule has 0 bridgehead atoms. The lowest BCUT2D eigenvalue weighted by molar-refractivity contribution is 0.0718. The molecule has 8 heteroatoms. The fraction of sp³-hybridized carbons (Fsp3) is 0.565. The van der Waals surface area contributed by atoms with Crippen molar-refractivity contribution in [1.82, 2.24) is 19.7 Å². The predicted octanol–water partition coefficient (Wildman–Crippen LogP) is 2.64. The van der Waals surface area contributed by atoms with Crippen LogP contribution in [0.25, 0.3) is 0 Å². The monoisotopic (exact) mass is 428 g/mol. The lowest BCUT2D eigenvalue weighted by Gasteiger charge is -2.34. The van der Waals surface area contributed by atoms with Crippen LogP contribution < -0.4 is 9.47 Å². The molecule has 1 amide bonds. The SMILES string of the molecule is COc1ccc(OC)c(CN2CCN(Cc3nc(C(=O)N4CCCCC4)co3)CC2)c1. The van der Waals surface area contributed by atoms with E-state index in [9.17, 15) is 4.79 Å². The van der Waals surface area contributed by atoms with Crippen LogP contribution >= 0.6 is 0 Å². The summed E-state index contributed by atoms with van der Waals surface area (Å²) in [5.74, 6) is 2.33. The molecule has 31 heavy (non-hydrogen) atoms. The summed E-state index contributed by atoms with van der Waals surface area (Å²) in [6.45, 7) is 6.82. The summed E-state index contributed by atoms with van der Waals surface area (Å²) in [6.07, 6.45) is 4.85. The summed E-state index contributed by atoms with van der Waals surface area (Å²) >= 11 is 0. The van der Waals surface area contributed by atoms with Crippen molar-refractivity contribution < 1.29 is 18.7 Å². The second kappa shape index (κ2) is 10.2. The van der Waals surface area contributed by atoms with E-state index in [2.05, 4.69) is 14.8 Å². The average molecular weight is 429 g/mol. The fourth-order valence-electron chi connectivity index (χ4n) is 4.28. The van der Waals surface area contributed by atoms with Gasteiger partial charge in [-0.1, -0.05) is 0 Å². The quantitative estimate of drug-likeness (QED) is 0.671. The number of carbonyl (C=O) groups excluding carboxylic acids is 1. The van der Waals surface area contributed by atoms with Crippen molar-refractivity contribution in [2.45, 2.75) is 32.4 Å². The van der Waals surface area contributed by atoms with Gasteiger partial charge in [-0.05, 0) is 37.5 Å². The highest BCUT2D eigenvalue weighted by Gasteiger charge is 2.23. The number of oxazole rings is 1. The van der Waals surface area contributed by atoms with E-state index < -0.39 is 0 Å². The molecule has 2 aromatic rings. The van der Waals surface area contributed by atoms with Crippen molar-refractivity contribution >= 4 is 5.91 Å². The van der Waals surface area contributed by atoms with E-state index in [-0.39, 0.29) is 5.91 Å². The van der Waals surface area contributed by atoms with Gasteiger partial charge in [-0.2, -0.15) is 0 Å². The van der Waals surface area contributed by atoms with Crippen LogP contribution in [0.4, 0.5) is 0 Å². The van der Waals surface area contributed by atoms with Crippen LogP contribution in [0.3, 0.4) is 0 Å². The number of likely N-dealkylation sites (tertiary alicyclic amines) is 1. The number of methoxy groups -OCH3 is 2. The molecule has 8 nitrogen and oxygen atoms in total. The maximum atomic E-state index is 12.6. The van der Waals surface area contributed by atoms with E-state index in [1.54, 1.807) is 14.2 Å². The van der Waals surface area contributed by atoms with E-state index in [1.165, 1.54) is 12.7 Å². The van der Waals surface area contributed by atoms with E-state index in [0.717, 1.165) is 75.7 Å². The van der Waals surface area contributed by atoms with Crippen LogP contribution in [-0.2, 0) is 13.1 Å². The van der Waals surface area contributed by atoms with Crippen LogP contribution in [0.2, 0.25) is 0 Å². The maximum absolute atomic E-state index is 12.6. The number of rotatable bonds is 7. The summed E-state index contributed by atoms with van der Waals surface area (Å²) in [6, 6.07) is 5.91. The second-order valence-corrected chi connectivity index (χ2v) is 8.21. The minimum Gasteiger partial charge on any atom is -0.497 e. The summed E-state index contributed by atoms with van der Waals surface area (Å²) < 4.78 is 16.5. The van der Waals surface area contributed by atoms with Gasteiger partial charge in [-0.3, -0.25) is 14.6 Å². The Hall–Kier alpha value is -2.58. The van der Waals surface area contributed by atoms with Gasteiger partial charge in [0.2, 0.25) is 5.89 Å². The maximum Gasteiger partial charge on any atom is 0.275 e. The van der Waals surface area contributed by atoms with E-state index in [4.69, 9.17) is 13.9 Å². The Labute approximate surface area is 183 Å². The van der Waals surface area contributed by atoms with Crippen molar-refractivity contribution in [1.29, 1.82) is 0 Å². The Kier molecular flexibility index (Phi) is 7.09. The molecule has 0 saturated carbocycles. The number of aromatic nitrogens is 1. The van der Waals surface area contributed by atoms with Gasteiger partial charge in [0.25, 0.3) is 5.91 Å².